The molecule has 6 nitrogen and oxygen atoms in total. The average molecular weight is 339 g/mol. The largest absolute Gasteiger partial charge is 0.341 e. The Morgan fingerprint density at radius 2 is 2.04 bits per heavy atom. The van der Waals surface area contributed by atoms with Crippen LogP contribution in [-0.2, 0) is 14.8 Å². The highest BCUT2D eigenvalue weighted by atomic mass is 32.2. The molecular weight excluding hydrogens is 314 g/mol. The van der Waals surface area contributed by atoms with Crippen LogP contribution >= 0.6 is 0 Å². The van der Waals surface area contributed by atoms with Gasteiger partial charge in [0.1, 0.15) is 0 Å². The molecule has 1 heterocycles. The van der Waals surface area contributed by atoms with Crippen LogP contribution in [0.5, 0.6) is 0 Å². The van der Waals surface area contributed by atoms with Gasteiger partial charge < -0.3 is 10.6 Å². The number of nitrogens with two attached hydrogens (primary N) is 1. The molecule has 23 heavy (non-hydrogen) atoms. The van der Waals surface area contributed by atoms with Gasteiger partial charge in [-0.1, -0.05) is 18.2 Å². The molecule has 1 aromatic carbocycles. The highest BCUT2D eigenvalue weighted by Gasteiger charge is 2.29. The summed E-state index contributed by atoms with van der Waals surface area (Å²) in [5.41, 5.74) is 5.93. The predicted octanol–water partition coefficient (Wildman–Crippen LogP) is 0.893. The highest BCUT2D eigenvalue weighted by Crippen LogP contribution is 2.20. The number of carbonyl (C=O) groups is 1. The normalized spacial score (nSPS) is 20.5. The summed E-state index contributed by atoms with van der Waals surface area (Å²) in [6, 6.07) is 8.19. The van der Waals surface area contributed by atoms with E-state index in [4.69, 9.17) is 5.73 Å². The molecule has 1 fully saturated rings. The van der Waals surface area contributed by atoms with Crippen LogP contribution in [0.1, 0.15) is 19.8 Å². The summed E-state index contributed by atoms with van der Waals surface area (Å²) in [4.78, 5) is 14.4. The molecule has 0 saturated carbocycles. The molecule has 1 saturated heterocycles. The first kappa shape index (κ1) is 17.9. The lowest BCUT2D eigenvalue weighted by Gasteiger charge is -2.35. The number of rotatable bonds is 5. The van der Waals surface area contributed by atoms with E-state index in [9.17, 15) is 13.2 Å². The number of amides is 1. The predicted molar refractivity (Wildman–Crippen MR) is 89.2 cm³/mol. The maximum atomic E-state index is 12.5. The molecule has 0 spiro atoms. The Morgan fingerprint density at radius 3 is 2.65 bits per heavy atom. The maximum absolute atomic E-state index is 12.5. The molecular formula is C16H25N3O3S. The molecule has 2 unspecified atom stereocenters. The van der Waals surface area contributed by atoms with Gasteiger partial charge in [0, 0.05) is 26.2 Å². The zero-order valence-electron chi connectivity index (χ0n) is 13.7. The van der Waals surface area contributed by atoms with E-state index in [1.54, 1.807) is 23.1 Å². The number of benzene rings is 1. The SMILES string of the molecule is CC(N)C1CCCN(C(=O)CN(C)S(=O)(=O)c2ccccc2)C1. The molecule has 2 rings (SSSR count). The smallest absolute Gasteiger partial charge is 0.243 e. The third kappa shape index (κ3) is 4.31. The first-order chi connectivity index (χ1) is 10.8. The zero-order valence-corrected chi connectivity index (χ0v) is 14.5. The number of carbonyl (C=O) groups excluding carboxylic acids is 1. The van der Waals surface area contributed by atoms with Gasteiger partial charge in [-0.25, -0.2) is 8.42 Å². The fraction of sp³-hybridized carbons (Fsp3) is 0.562. The van der Waals surface area contributed by atoms with Gasteiger partial charge in [0.05, 0.1) is 11.4 Å². The van der Waals surface area contributed by atoms with Gasteiger partial charge in [0.25, 0.3) is 0 Å². The van der Waals surface area contributed by atoms with E-state index in [1.165, 1.54) is 19.2 Å². The van der Waals surface area contributed by atoms with Crippen LogP contribution in [0.3, 0.4) is 0 Å². The Bertz CT molecular complexity index is 631. The second-order valence-electron chi connectivity index (χ2n) is 6.18. The first-order valence-electron chi connectivity index (χ1n) is 7.87. The summed E-state index contributed by atoms with van der Waals surface area (Å²) in [5, 5.41) is 0. The third-order valence-corrected chi connectivity index (χ3v) is 6.18. The van der Waals surface area contributed by atoms with E-state index < -0.39 is 10.0 Å². The van der Waals surface area contributed by atoms with Crippen LogP contribution in [0, 0.1) is 5.92 Å². The zero-order chi connectivity index (χ0) is 17.0. The summed E-state index contributed by atoms with van der Waals surface area (Å²) in [5.74, 6) is 0.112. The summed E-state index contributed by atoms with van der Waals surface area (Å²) in [7, 11) is -2.20. The molecule has 0 radical (unpaired) electrons. The number of piperidine rings is 1. The topological polar surface area (TPSA) is 83.7 Å². The van der Waals surface area contributed by atoms with Gasteiger partial charge in [0.2, 0.25) is 15.9 Å². The van der Waals surface area contributed by atoms with Crippen LogP contribution in [-0.4, -0.2) is 56.3 Å². The van der Waals surface area contributed by atoms with Crippen molar-refractivity contribution in [1.29, 1.82) is 0 Å². The lowest BCUT2D eigenvalue weighted by molar-refractivity contribution is -0.133. The molecule has 128 valence electrons. The van der Waals surface area contributed by atoms with Crippen molar-refractivity contribution in [1.82, 2.24) is 9.21 Å². The molecule has 1 aliphatic rings. The minimum Gasteiger partial charge on any atom is -0.341 e. The van der Waals surface area contributed by atoms with E-state index in [2.05, 4.69) is 0 Å². The van der Waals surface area contributed by atoms with Gasteiger partial charge in [-0.3, -0.25) is 4.79 Å². The quantitative estimate of drug-likeness (QED) is 0.864. The van der Waals surface area contributed by atoms with Crippen molar-refractivity contribution in [2.75, 3.05) is 26.7 Å². The molecule has 0 aromatic heterocycles. The summed E-state index contributed by atoms with van der Waals surface area (Å²) >= 11 is 0. The van der Waals surface area contributed by atoms with Gasteiger partial charge in [-0.15, -0.1) is 0 Å². The Morgan fingerprint density at radius 1 is 1.39 bits per heavy atom. The molecule has 7 heteroatoms. The summed E-state index contributed by atoms with van der Waals surface area (Å²) in [6.07, 6.45) is 1.92. The number of sulfonamides is 1. The Balaban J connectivity index is 2.02. The van der Waals surface area contributed by atoms with E-state index >= 15 is 0 Å². The van der Waals surface area contributed by atoms with E-state index in [0.717, 1.165) is 17.1 Å². The molecule has 1 aliphatic heterocycles. The minimum absolute atomic E-state index is 0.0383. The number of hydrogen-bond donors (Lipinski definition) is 1. The number of hydrogen-bond acceptors (Lipinski definition) is 4. The van der Waals surface area contributed by atoms with Gasteiger partial charge in [0.15, 0.2) is 0 Å². The van der Waals surface area contributed by atoms with Crippen LogP contribution in [0.2, 0.25) is 0 Å². The van der Waals surface area contributed by atoms with Crippen molar-refractivity contribution in [3.8, 4) is 0 Å². The standard InChI is InChI=1S/C16H25N3O3S/c1-13(17)14-7-6-10-19(11-14)16(20)12-18(2)23(21,22)15-8-4-3-5-9-15/h3-5,8-9,13-14H,6-7,10-12,17H2,1-2H3. The van der Waals surface area contributed by atoms with Crippen molar-refractivity contribution in [2.24, 2.45) is 11.7 Å². The Labute approximate surface area is 138 Å². The number of likely N-dealkylation sites (tertiary alicyclic amines) is 1. The van der Waals surface area contributed by atoms with Crippen LogP contribution < -0.4 is 5.73 Å². The molecule has 1 aromatic rings. The van der Waals surface area contributed by atoms with E-state index in [1.807, 2.05) is 6.92 Å². The van der Waals surface area contributed by atoms with E-state index in [0.29, 0.717) is 13.1 Å². The lowest BCUT2D eigenvalue weighted by Crippen LogP contribution is -2.48. The highest BCUT2D eigenvalue weighted by molar-refractivity contribution is 7.89. The summed E-state index contributed by atoms with van der Waals surface area (Å²) < 4.78 is 26.0. The van der Waals surface area contributed by atoms with Crippen LogP contribution in [0.15, 0.2) is 35.2 Å². The van der Waals surface area contributed by atoms with E-state index in [-0.39, 0.29) is 29.3 Å². The summed E-state index contributed by atoms with van der Waals surface area (Å²) in [6.45, 7) is 3.07. The first-order valence-corrected chi connectivity index (χ1v) is 9.31. The monoisotopic (exact) mass is 339 g/mol. The fourth-order valence-corrected chi connectivity index (χ4v) is 3.95. The second kappa shape index (κ2) is 7.42. The molecule has 1 amide bonds. The van der Waals surface area contributed by atoms with Crippen LogP contribution in [0.4, 0.5) is 0 Å². The lowest BCUT2D eigenvalue weighted by atomic mass is 9.92. The van der Waals surface area contributed by atoms with Gasteiger partial charge in [-0.05, 0) is 37.8 Å². The van der Waals surface area contributed by atoms with Crippen molar-refractivity contribution in [2.45, 2.75) is 30.7 Å². The van der Waals surface area contributed by atoms with Gasteiger partial charge in [-0.2, -0.15) is 4.31 Å². The Hall–Kier alpha value is -1.44. The van der Waals surface area contributed by atoms with Crippen molar-refractivity contribution in [3.63, 3.8) is 0 Å². The van der Waals surface area contributed by atoms with Crippen molar-refractivity contribution < 1.29 is 13.2 Å². The second-order valence-corrected chi connectivity index (χ2v) is 8.22. The molecule has 0 bridgehead atoms. The number of nitrogens with zero attached hydrogens (tertiary/aromatic N) is 2. The Kier molecular flexibility index (Phi) is 5.78. The van der Waals surface area contributed by atoms with Crippen LogP contribution in [0.25, 0.3) is 0 Å². The fourth-order valence-electron chi connectivity index (χ4n) is 2.81. The van der Waals surface area contributed by atoms with Crippen molar-refractivity contribution >= 4 is 15.9 Å². The third-order valence-electron chi connectivity index (χ3n) is 4.36. The molecule has 0 aliphatic carbocycles. The number of likely N-dealkylation sites (N-methyl/N-ethyl adjacent to an activating group) is 1. The molecule has 2 atom stereocenters. The van der Waals surface area contributed by atoms with Gasteiger partial charge >= 0.3 is 0 Å². The molecule has 2 N–H and O–H groups in total. The maximum Gasteiger partial charge on any atom is 0.243 e. The van der Waals surface area contributed by atoms with Crippen molar-refractivity contribution in [3.05, 3.63) is 30.3 Å². The minimum atomic E-state index is -3.64. The average Bonchev–Trinajstić information content (AvgIpc) is 2.55.